The van der Waals surface area contributed by atoms with Gasteiger partial charge in [-0.3, -0.25) is 0 Å². The molecular weight excluding hydrogens is 296 g/mol. The van der Waals surface area contributed by atoms with E-state index in [1.54, 1.807) is 9.35 Å². The smallest absolute Gasteiger partial charge is 0.224 e. The normalized spacial score (nSPS) is 11.5. The number of nitrogen functional groups attached to an aromatic ring is 2. The number of hydrogen-bond donors (Lipinski definition) is 2. The second-order valence-corrected chi connectivity index (χ2v) is 4.51. The molecule has 0 unspecified atom stereocenters. The number of fused-ring (bicyclic) bond motifs is 2. The second kappa shape index (κ2) is 3.99. The maximum atomic E-state index is 5.98. The average molecular weight is 303 g/mol. The third kappa shape index (κ3) is 1.59. The maximum absolute atomic E-state index is 5.98. The molecule has 0 aromatic carbocycles. The van der Waals surface area contributed by atoms with Gasteiger partial charge in [-0.1, -0.05) is 11.6 Å². The lowest BCUT2D eigenvalue weighted by Crippen LogP contribution is -2.09. The number of rotatable bonds is 1. The van der Waals surface area contributed by atoms with Crippen LogP contribution in [0, 0.1) is 0 Å². The van der Waals surface area contributed by atoms with Gasteiger partial charge in [0, 0.05) is 0 Å². The van der Waals surface area contributed by atoms with Gasteiger partial charge in [0.05, 0.1) is 0 Å². The van der Waals surface area contributed by atoms with E-state index < -0.39 is 0 Å². The van der Waals surface area contributed by atoms with Crippen LogP contribution in [0.3, 0.4) is 0 Å². The van der Waals surface area contributed by atoms with Gasteiger partial charge in [-0.2, -0.15) is 9.97 Å². The van der Waals surface area contributed by atoms with Gasteiger partial charge < -0.3 is 11.5 Å². The quantitative estimate of drug-likeness (QED) is 0.472. The molecule has 4 aromatic rings. The molecule has 0 radical (unpaired) electrons. The highest BCUT2D eigenvalue weighted by Crippen LogP contribution is 2.21. The van der Waals surface area contributed by atoms with Crippen LogP contribution < -0.4 is 11.5 Å². The highest BCUT2D eigenvalue weighted by atomic mass is 35.5. The van der Waals surface area contributed by atoms with Gasteiger partial charge >= 0.3 is 0 Å². The van der Waals surface area contributed by atoms with Crippen molar-refractivity contribution < 1.29 is 0 Å². The lowest BCUT2D eigenvalue weighted by atomic mass is 10.5. The standard InChI is InChI=1S/C10H7ClN10/c11-6-4-8(15-1-14-6)20(2-16-4)21-3-17-5-7(12)18-10(13)19-9(5)21/h1-3H,(H4,12,13,18,19). The Morgan fingerprint density at radius 2 is 1.57 bits per heavy atom. The first-order valence-corrected chi connectivity index (χ1v) is 6.13. The van der Waals surface area contributed by atoms with Crippen LogP contribution in [-0.4, -0.2) is 39.3 Å². The number of hydrogen-bond acceptors (Lipinski definition) is 8. The summed E-state index contributed by atoms with van der Waals surface area (Å²) in [7, 11) is 0. The van der Waals surface area contributed by atoms with Crippen molar-refractivity contribution in [1.29, 1.82) is 0 Å². The Morgan fingerprint density at radius 3 is 2.38 bits per heavy atom. The van der Waals surface area contributed by atoms with Crippen molar-refractivity contribution in [3.05, 3.63) is 24.1 Å². The molecule has 104 valence electrons. The molecule has 0 aliphatic heterocycles. The first kappa shape index (κ1) is 11.8. The molecule has 0 spiro atoms. The van der Waals surface area contributed by atoms with Crippen LogP contribution in [-0.2, 0) is 0 Å². The third-order valence-electron chi connectivity index (χ3n) is 2.93. The lowest BCUT2D eigenvalue weighted by Gasteiger charge is -2.05. The average Bonchev–Trinajstić information content (AvgIpc) is 3.03. The predicted octanol–water partition coefficient (Wildman–Crippen LogP) is 0.0952. The number of halogens is 1. The molecule has 21 heavy (non-hydrogen) atoms. The van der Waals surface area contributed by atoms with Crippen molar-refractivity contribution in [3.8, 4) is 0 Å². The summed E-state index contributed by atoms with van der Waals surface area (Å²) in [6, 6.07) is 0. The zero-order chi connectivity index (χ0) is 14.6. The minimum absolute atomic E-state index is 0.0545. The first-order chi connectivity index (χ1) is 10.1. The Balaban J connectivity index is 2.07. The van der Waals surface area contributed by atoms with Crippen molar-refractivity contribution in [2.45, 2.75) is 0 Å². The van der Waals surface area contributed by atoms with Crippen molar-refractivity contribution in [3.63, 3.8) is 0 Å². The van der Waals surface area contributed by atoms with Crippen LogP contribution in [0.4, 0.5) is 11.8 Å². The van der Waals surface area contributed by atoms with E-state index in [2.05, 4.69) is 29.9 Å². The van der Waals surface area contributed by atoms with Crippen LogP contribution >= 0.6 is 11.6 Å². The number of aromatic nitrogens is 8. The minimum Gasteiger partial charge on any atom is -0.382 e. The predicted molar refractivity (Wildman–Crippen MR) is 75.3 cm³/mol. The summed E-state index contributed by atoms with van der Waals surface area (Å²) < 4.78 is 3.21. The monoisotopic (exact) mass is 302 g/mol. The number of nitrogens with two attached hydrogens (primary N) is 2. The Kier molecular flexibility index (Phi) is 2.24. The third-order valence-corrected chi connectivity index (χ3v) is 3.20. The fourth-order valence-electron chi connectivity index (χ4n) is 2.04. The molecule has 0 fully saturated rings. The van der Waals surface area contributed by atoms with E-state index in [0.717, 1.165) is 0 Å². The van der Waals surface area contributed by atoms with E-state index in [0.29, 0.717) is 22.3 Å². The van der Waals surface area contributed by atoms with Crippen LogP contribution in [0.5, 0.6) is 0 Å². The van der Waals surface area contributed by atoms with Crippen LogP contribution in [0.15, 0.2) is 19.0 Å². The largest absolute Gasteiger partial charge is 0.382 e. The molecule has 4 aromatic heterocycles. The van der Waals surface area contributed by atoms with E-state index >= 15 is 0 Å². The highest BCUT2D eigenvalue weighted by molar-refractivity contribution is 6.33. The fourth-order valence-corrected chi connectivity index (χ4v) is 2.21. The summed E-state index contributed by atoms with van der Waals surface area (Å²) in [4.78, 5) is 24.4. The van der Waals surface area contributed by atoms with E-state index in [4.69, 9.17) is 23.1 Å². The summed E-state index contributed by atoms with van der Waals surface area (Å²) in [6.45, 7) is 0. The summed E-state index contributed by atoms with van der Waals surface area (Å²) >= 11 is 5.98. The summed E-state index contributed by atoms with van der Waals surface area (Å²) in [6.07, 6.45) is 4.40. The lowest BCUT2D eigenvalue weighted by molar-refractivity contribution is 0.688. The molecule has 4 N–H and O–H groups in total. The van der Waals surface area contributed by atoms with Crippen molar-refractivity contribution in [2.24, 2.45) is 0 Å². The van der Waals surface area contributed by atoms with Crippen molar-refractivity contribution >= 4 is 45.7 Å². The molecule has 0 atom stereocenters. The SMILES string of the molecule is Nc1nc(N)c2ncn(-n3cnc4c(Cl)ncnc43)c2n1. The van der Waals surface area contributed by atoms with E-state index in [1.165, 1.54) is 19.0 Å². The first-order valence-electron chi connectivity index (χ1n) is 5.75. The van der Waals surface area contributed by atoms with Crippen LogP contribution in [0.1, 0.15) is 0 Å². The van der Waals surface area contributed by atoms with Gasteiger partial charge in [0.1, 0.15) is 24.5 Å². The fraction of sp³-hybridized carbons (Fsp3) is 0. The van der Waals surface area contributed by atoms with Gasteiger partial charge in [-0.05, 0) is 0 Å². The number of nitrogens with zero attached hydrogens (tertiary/aromatic N) is 8. The summed E-state index contributed by atoms with van der Waals surface area (Å²) in [5, 5.41) is 0.261. The van der Waals surface area contributed by atoms with Crippen molar-refractivity contribution in [1.82, 2.24) is 39.3 Å². The van der Waals surface area contributed by atoms with Gasteiger partial charge in [-0.15, -0.1) is 0 Å². The zero-order valence-corrected chi connectivity index (χ0v) is 11.1. The Bertz CT molecular complexity index is 986. The number of imidazole rings is 2. The highest BCUT2D eigenvalue weighted by Gasteiger charge is 2.15. The zero-order valence-electron chi connectivity index (χ0n) is 10.3. The van der Waals surface area contributed by atoms with Gasteiger partial charge in [-0.25, -0.2) is 29.3 Å². The van der Waals surface area contributed by atoms with E-state index in [1.807, 2.05) is 0 Å². The molecule has 0 saturated heterocycles. The van der Waals surface area contributed by atoms with E-state index in [-0.39, 0.29) is 16.9 Å². The molecule has 0 aliphatic rings. The molecule has 4 heterocycles. The second-order valence-electron chi connectivity index (χ2n) is 4.15. The molecule has 11 heteroatoms. The molecular formula is C10H7ClN10. The topological polar surface area (TPSA) is 139 Å². The Morgan fingerprint density at radius 1 is 0.857 bits per heavy atom. The maximum Gasteiger partial charge on any atom is 0.224 e. The molecule has 10 nitrogen and oxygen atoms in total. The molecule has 0 saturated carbocycles. The molecule has 0 bridgehead atoms. The Labute approximate surface area is 121 Å². The van der Waals surface area contributed by atoms with Gasteiger partial charge in [0.25, 0.3) is 0 Å². The van der Waals surface area contributed by atoms with Crippen molar-refractivity contribution in [2.75, 3.05) is 11.5 Å². The molecule has 4 rings (SSSR count). The molecule has 0 amide bonds. The van der Waals surface area contributed by atoms with Crippen LogP contribution in [0.2, 0.25) is 5.15 Å². The van der Waals surface area contributed by atoms with Crippen LogP contribution in [0.25, 0.3) is 22.3 Å². The number of anilines is 2. The summed E-state index contributed by atoms with van der Waals surface area (Å²) in [5.41, 5.74) is 13.3. The van der Waals surface area contributed by atoms with Gasteiger partial charge in [0.15, 0.2) is 27.8 Å². The minimum atomic E-state index is 0.0545. The Hall–Kier alpha value is -3.01. The van der Waals surface area contributed by atoms with Gasteiger partial charge in [0.2, 0.25) is 5.95 Å². The molecule has 0 aliphatic carbocycles. The van der Waals surface area contributed by atoms with E-state index in [9.17, 15) is 0 Å². The summed E-state index contributed by atoms with van der Waals surface area (Å²) in [5.74, 6) is 0.257.